The lowest BCUT2D eigenvalue weighted by atomic mass is 9.79. The van der Waals surface area contributed by atoms with Gasteiger partial charge in [0, 0.05) is 30.3 Å². The molecule has 4 rings (SSSR count). The number of benzene rings is 2. The summed E-state index contributed by atoms with van der Waals surface area (Å²) >= 11 is 6.34. The third kappa shape index (κ3) is 9.02. The Labute approximate surface area is 241 Å². The van der Waals surface area contributed by atoms with E-state index in [-0.39, 0.29) is 18.2 Å². The molecule has 2 heterocycles. The third-order valence-corrected chi connectivity index (χ3v) is 6.57. The largest absolute Gasteiger partial charge is 0.489 e. The number of hydrogen-bond donors (Lipinski definition) is 2. The molecule has 0 saturated carbocycles. The fraction of sp³-hybridized carbons (Fsp3) is 0.500. The number of likely N-dealkylation sites (tertiary alicyclic amines) is 1. The molecule has 0 aliphatic carbocycles. The number of piperidine rings is 1. The molecule has 0 atom stereocenters. The molecular formula is C30H41ClN4O5. The monoisotopic (exact) mass is 572 g/mol. The number of methoxy groups -OCH3 is 1. The second kappa shape index (κ2) is 13.6. The van der Waals surface area contributed by atoms with Crippen LogP contribution >= 0.6 is 11.6 Å². The minimum atomic E-state index is -0.780. The molecule has 1 aliphatic heterocycles. The maximum atomic E-state index is 11.7. The summed E-state index contributed by atoms with van der Waals surface area (Å²) in [6.07, 6.45) is 1.18. The highest BCUT2D eigenvalue weighted by Gasteiger charge is 2.41. The van der Waals surface area contributed by atoms with Crippen LogP contribution in [0.3, 0.4) is 0 Å². The standard InChI is InChI=1S/C26H30ClN3O5.C4H11N/c1-17(2)34-22-9-8-20(14-21(22)27)24-28-23(29-35-24)19-6-4-18(5-7-19)15-30-12-10-26(11-13-30,16-33-3)25(31)32;1-4(2,3)5/h4-9,14,17H,10-13,15-16H2,1-3H3,(H,31,32);5H2,1-3H3. The van der Waals surface area contributed by atoms with E-state index in [1.54, 1.807) is 19.2 Å². The fourth-order valence-electron chi connectivity index (χ4n) is 4.29. The van der Waals surface area contributed by atoms with Crippen molar-refractivity contribution < 1.29 is 23.9 Å². The Morgan fingerprint density at radius 3 is 2.27 bits per heavy atom. The number of aromatic nitrogens is 2. The quantitative estimate of drug-likeness (QED) is 0.322. The van der Waals surface area contributed by atoms with Crippen molar-refractivity contribution in [3.63, 3.8) is 0 Å². The molecule has 218 valence electrons. The Morgan fingerprint density at radius 2 is 1.75 bits per heavy atom. The van der Waals surface area contributed by atoms with Gasteiger partial charge in [-0.05, 0) is 84.3 Å². The van der Waals surface area contributed by atoms with Gasteiger partial charge in [-0.2, -0.15) is 4.98 Å². The zero-order valence-corrected chi connectivity index (χ0v) is 25.0. The SMILES string of the molecule is CC(C)(C)N.COCC1(C(=O)O)CCN(Cc2ccc(-c3noc(-c4ccc(OC(C)C)c(Cl)c4)n3)cc2)CC1. The zero-order valence-electron chi connectivity index (χ0n) is 24.2. The van der Waals surface area contributed by atoms with Crippen LogP contribution in [0, 0.1) is 5.41 Å². The Bertz CT molecular complexity index is 1240. The number of halogens is 1. The van der Waals surface area contributed by atoms with E-state index >= 15 is 0 Å². The molecule has 1 saturated heterocycles. The van der Waals surface area contributed by atoms with E-state index in [2.05, 4.69) is 15.0 Å². The van der Waals surface area contributed by atoms with Gasteiger partial charge in [-0.1, -0.05) is 41.0 Å². The molecule has 0 bridgehead atoms. The van der Waals surface area contributed by atoms with E-state index < -0.39 is 11.4 Å². The van der Waals surface area contributed by atoms with Crippen molar-refractivity contribution >= 4 is 17.6 Å². The molecule has 40 heavy (non-hydrogen) atoms. The van der Waals surface area contributed by atoms with E-state index in [0.29, 0.717) is 35.3 Å². The van der Waals surface area contributed by atoms with Crippen LogP contribution in [0.2, 0.25) is 5.02 Å². The minimum Gasteiger partial charge on any atom is -0.489 e. The van der Waals surface area contributed by atoms with Crippen molar-refractivity contribution in [3.8, 4) is 28.6 Å². The van der Waals surface area contributed by atoms with Crippen LogP contribution in [0.25, 0.3) is 22.8 Å². The van der Waals surface area contributed by atoms with Gasteiger partial charge in [0.1, 0.15) is 5.75 Å². The number of carboxylic acids is 1. The number of carbonyl (C=O) groups is 1. The van der Waals surface area contributed by atoms with Gasteiger partial charge < -0.3 is 24.8 Å². The highest BCUT2D eigenvalue weighted by atomic mass is 35.5. The van der Waals surface area contributed by atoms with Gasteiger partial charge in [0.2, 0.25) is 5.82 Å². The van der Waals surface area contributed by atoms with Crippen molar-refractivity contribution in [2.75, 3.05) is 26.8 Å². The zero-order chi connectivity index (χ0) is 29.5. The normalized spacial score (nSPS) is 15.4. The van der Waals surface area contributed by atoms with E-state index in [9.17, 15) is 9.90 Å². The number of nitrogens with zero attached hydrogens (tertiary/aromatic N) is 3. The molecule has 2 aromatic carbocycles. The van der Waals surface area contributed by atoms with Crippen LogP contribution in [0.1, 0.15) is 53.0 Å². The Balaban J connectivity index is 0.000000810. The van der Waals surface area contributed by atoms with Gasteiger partial charge in [0.25, 0.3) is 5.89 Å². The van der Waals surface area contributed by atoms with Gasteiger partial charge >= 0.3 is 5.97 Å². The Morgan fingerprint density at radius 1 is 1.15 bits per heavy atom. The summed E-state index contributed by atoms with van der Waals surface area (Å²) in [5.41, 5.74) is 7.28. The Kier molecular flexibility index (Phi) is 10.7. The fourth-order valence-corrected chi connectivity index (χ4v) is 4.52. The molecule has 1 fully saturated rings. The van der Waals surface area contributed by atoms with Crippen molar-refractivity contribution in [1.29, 1.82) is 0 Å². The van der Waals surface area contributed by atoms with Gasteiger partial charge in [-0.25, -0.2) is 0 Å². The van der Waals surface area contributed by atoms with Crippen molar-refractivity contribution in [2.24, 2.45) is 11.1 Å². The number of ether oxygens (including phenoxy) is 2. The highest BCUT2D eigenvalue weighted by Crippen LogP contribution is 2.33. The molecule has 0 unspecified atom stereocenters. The van der Waals surface area contributed by atoms with Crippen LogP contribution in [0.4, 0.5) is 0 Å². The van der Waals surface area contributed by atoms with Crippen LogP contribution < -0.4 is 10.5 Å². The molecule has 1 aromatic heterocycles. The molecule has 0 amide bonds. The van der Waals surface area contributed by atoms with Crippen LogP contribution in [0.15, 0.2) is 47.0 Å². The average molecular weight is 573 g/mol. The summed E-state index contributed by atoms with van der Waals surface area (Å²) in [4.78, 5) is 18.5. The number of rotatable bonds is 9. The minimum absolute atomic E-state index is 0. The molecule has 9 nitrogen and oxygen atoms in total. The lowest BCUT2D eigenvalue weighted by Gasteiger charge is -2.38. The first-order valence-corrected chi connectivity index (χ1v) is 13.8. The predicted octanol–water partition coefficient (Wildman–Crippen LogP) is 5.90. The van der Waals surface area contributed by atoms with Crippen molar-refractivity contribution in [3.05, 3.63) is 53.1 Å². The van der Waals surface area contributed by atoms with Gasteiger partial charge in [0.05, 0.1) is 23.1 Å². The first-order chi connectivity index (χ1) is 18.8. The second-order valence-corrected chi connectivity index (χ2v) is 12.0. The molecule has 0 radical (unpaired) electrons. The maximum absolute atomic E-state index is 11.7. The number of carboxylic acid groups (broad SMARTS) is 1. The summed E-state index contributed by atoms with van der Waals surface area (Å²) < 4.78 is 16.3. The van der Waals surface area contributed by atoms with Gasteiger partial charge in [-0.15, -0.1) is 0 Å². The van der Waals surface area contributed by atoms with E-state index in [0.717, 1.165) is 36.3 Å². The molecule has 10 heteroatoms. The molecule has 0 spiro atoms. The first kappa shape index (κ1) is 31.5. The van der Waals surface area contributed by atoms with E-state index in [1.807, 2.05) is 65.0 Å². The summed E-state index contributed by atoms with van der Waals surface area (Å²) in [5.74, 6) is 0.717. The van der Waals surface area contributed by atoms with Crippen molar-refractivity contribution in [1.82, 2.24) is 15.0 Å². The highest BCUT2D eigenvalue weighted by molar-refractivity contribution is 6.32. The van der Waals surface area contributed by atoms with Gasteiger partial charge in [-0.3, -0.25) is 9.69 Å². The van der Waals surface area contributed by atoms with Gasteiger partial charge in [0.15, 0.2) is 0 Å². The van der Waals surface area contributed by atoms with Crippen LogP contribution in [-0.4, -0.2) is 64.6 Å². The van der Waals surface area contributed by atoms with Crippen LogP contribution in [0.5, 0.6) is 5.75 Å². The summed E-state index contributed by atoms with van der Waals surface area (Å²) in [6, 6.07) is 13.4. The maximum Gasteiger partial charge on any atom is 0.312 e. The Hall–Kier alpha value is -2.98. The number of nitrogens with two attached hydrogens (primary N) is 1. The second-order valence-electron chi connectivity index (χ2n) is 11.6. The molecule has 3 aromatic rings. The van der Waals surface area contributed by atoms with E-state index in [1.165, 1.54) is 0 Å². The third-order valence-electron chi connectivity index (χ3n) is 6.27. The molecular weight excluding hydrogens is 532 g/mol. The lowest BCUT2D eigenvalue weighted by molar-refractivity contribution is -0.156. The lowest BCUT2D eigenvalue weighted by Crippen LogP contribution is -2.46. The van der Waals surface area contributed by atoms with E-state index in [4.69, 9.17) is 31.3 Å². The first-order valence-electron chi connectivity index (χ1n) is 13.4. The summed E-state index contributed by atoms with van der Waals surface area (Å²) in [7, 11) is 1.55. The smallest absolute Gasteiger partial charge is 0.312 e. The topological polar surface area (TPSA) is 124 Å². The summed E-state index contributed by atoms with van der Waals surface area (Å²) in [6.45, 7) is 12.2. The number of aliphatic carboxylic acids is 1. The number of hydrogen-bond acceptors (Lipinski definition) is 8. The molecule has 3 N–H and O–H groups in total. The average Bonchev–Trinajstić information content (AvgIpc) is 3.36. The van der Waals surface area contributed by atoms with Crippen LogP contribution in [-0.2, 0) is 16.1 Å². The molecule has 1 aliphatic rings. The summed E-state index contributed by atoms with van der Waals surface area (Å²) in [5, 5.41) is 14.2. The van der Waals surface area contributed by atoms with Crippen molar-refractivity contribution in [2.45, 2.75) is 65.6 Å². The predicted molar refractivity (Wildman–Crippen MR) is 156 cm³/mol.